The fourth-order valence-electron chi connectivity index (χ4n) is 2.70. The highest BCUT2D eigenvalue weighted by Crippen LogP contribution is 2.27. The maximum absolute atomic E-state index is 5.94. The second kappa shape index (κ2) is 11.5. The number of nitrogens with one attached hydrogen (secondary N) is 2. The molecule has 0 saturated heterocycles. The molecule has 1 aliphatic rings. The van der Waals surface area contributed by atoms with Gasteiger partial charge in [0.05, 0.1) is 6.54 Å². The summed E-state index contributed by atoms with van der Waals surface area (Å²) >= 11 is 0. The summed E-state index contributed by atoms with van der Waals surface area (Å²) in [5, 5.41) is 6.72. The number of rotatable bonds is 8. The molecule has 2 rings (SSSR count). The van der Waals surface area contributed by atoms with Crippen LogP contribution in [0.2, 0.25) is 0 Å². The number of ether oxygens (including phenoxy) is 1. The smallest absolute Gasteiger partial charge is 0.191 e. The molecule has 0 radical (unpaired) electrons. The lowest BCUT2D eigenvalue weighted by atomic mass is 10.1. The molecule has 5 nitrogen and oxygen atoms in total. The van der Waals surface area contributed by atoms with E-state index < -0.39 is 0 Å². The fraction of sp³-hybridized carbons (Fsp3) is 0.611. The Morgan fingerprint density at radius 2 is 2.08 bits per heavy atom. The van der Waals surface area contributed by atoms with Crippen molar-refractivity contribution in [3.05, 3.63) is 29.8 Å². The van der Waals surface area contributed by atoms with Gasteiger partial charge in [0, 0.05) is 26.6 Å². The summed E-state index contributed by atoms with van der Waals surface area (Å²) in [6, 6.07) is 8.25. The number of nitrogens with zero attached hydrogens (tertiary/aromatic N) is 2. The van der Waals surface area contributed by atoms with Crippen molar-refractivity contribution < 1.29 is 4.74 Å². The van der Waals surface area contributed by atoms with Crippen molar-refractivity contribution in [3.63, 3.8) is 0 Å². The number of benzene rings is 1. The predicted molar refractivity (Wildman–Crippen MR) is 112 cm³/mol. The molecule has 1 atom stereocenters. The van der Waals surface area contributed by atoms with E-state index in [-0.39, 0.29) is 30.1 Å². The summed E-state index contributed by atoms with van der Waals surface area (Å²) < 4.78 is 5.94. The van der Waals surface area contributed by atoms with Gasteiger partial charge in [-0.3, -0.25) is 4.99 Å². The van der Waals surface area contributed by atoms with Crippen molar-refractivity contribution >= 4 is 29.9 Å². The summed E-state index contributed by atoms with van der Waals surface area (Å²) in [6.07, 6.45) is 3.63. The first-order valence-electron chi connectivity index (χ1n) is 8.60. The van der Waals surface area contributed by atoms with Crippen LogP contribution >= 0.6 is 24.0 Å². The largest absolute Gasteiger partial charge is 0.488 e. The number of likely N-dealkylation sites (N-methyl/N-ethyl adjacent to an activating group) is 1. The second-order valence-corrected chi connectivity index (χ2v) is 6.09. The van der Waals surface area contributed by atoms with Crippen LogP contribution in [-0.2, 0) is 6.42 Å². The van der Waals surface area contributed by atoms with Gasteiger partial charge in [-0.25, -0.2) is 0 Å². The lowest BCUT2D eigenvalue weighted by Gasteiger charge is -2.19. The Kier molecular flexibility index (Phi) is 10.1. The van der Waals surface area contributed by atoms with Crippen LogP contribution in [0.1, 0.15) is 25.3 Å². The van der Waals surface area contributed by atoms with E-state index in [1.807, 2.05) is 12.1 Å². The van der Waals surface area contributed by atoms with Gasteiger partial charge in [0.25, 0.3) is 0 Å². The molecule has 2 N–H and O–H groups in total. The Bertz CT molecular complexity index is 485. The lowest BCUT2D eigenvalue weighted by molar-refractivity contribution is 0.234. The Labute approximate surface area is 163 Å². The molecule has 1 aromatic rings. The quantitative estimate of drug-likeness (QED) is 0.366. The first-order chi connectivity index (χ1) is 11.2. The van der Waals surface area contributed by atoms with Gasteiger partial charge in [-0.05, 0) is 31.6 Å². The van der Waals surface area contributed by atoms with E-state index in [9.17, 15) is 0 Å². The van der Waals surface area contributed by atoms with E-state index in [0.717, 1.165) is 44.3 Å². The molecule has 1 heterocycles. The summed E-state index contributed by atoms with van der Waals surface area (Å²) in [6.45, 7) is 6.05. The van der Waals surface area contributed by atoms with E-state index in [1.54, 1.807) is 7.05 Å². The topological polar surface area (TPSA) is 48.9 Å². The van der Waals surface area contributed by atoms with E-state index in [2.05, 4.69) is 46.6 Å². The third kappa shape index (κ3) is 6.84. The van der Waals surface area contributed by atoms with Crippen molar-refractivity contribution in [3.8, 4) is 5.75 Å². The normalized spacial score (nSPS) is 16.3. The third-order valence-electron chi connectivity index (χ3n) is 4.11. The Morgan fingerprint density at radius 3 is 2.79 bits per heavy atom. The number of hydrogen-bond acceptors (Lipinski definition) is 3. The minimum absolute atomic E-state index is 0. The zero-order valence-corrected chi connectivity index (χ0v) is 17.4. The molecular weight excluding hydrogens is 415 g/mol. The van der Waals surface area contributed by atoms with E-state index in [1.165, 1.54) is 18.4 Å². The van der Waals surface area contributed by atoms with Crippen molar-refractivity contribution in [2.45, 2.75) is 32.3 Å². The molecule has 0 fully saturated rings. The SMILES string of the molecule is CCCCN(C)CCNC(=NC)NCC1Cc2ccccc2O1.I. The van der Waals surface area contributed by atoms with Gasteiger partial charge >= 0.3 is 0 Å². The monoisotopic (exact) mass is 446 g/mol. The Balaban J connectivity index is 0.00000288. The van der Waals surface area contributed by atoms with Gasteiger partial charge in [-0.2, -0.15) is 0 Å². The fourth-order valence-corrected chi connectivity index (χ4v) is 2.70. The number of unbranched alkanes of at least 4 members (excludes halogenated alkanes) is 1. The zero-order valence-electron chi connectivity index (χ0n) is 15.0. The van der Waals surface area contributed by atoms with Gasteiger partial charge in [-0.15, -0.1) is 24.0 Å². The predicted octanol–water partition coefficient (Wildman–Crippen LogP) is 2.51. The van der Waals surface area contributed by atoms with Crippen molar-refractivity contribution in [2.75, 3.05) is 40.3 Å². The van der Waals surface area contributed by atoms with E-state index >= 15 is 0 Å². The molecule has 1 unspecified atom stereocenters. The second-order valence-electron chi connectivity index (χ2n) is 6.09. The Morgan fingerprint density at radius 1 is 1.29 bits per heavy atom. The minimum Gasteiger partial charge on any atom is -0.488 e. The Hall–Kier alpha value is -1.02. The number of para-hydroxylation sites is 1. The summed E-state index contributed by atoms with van der Waals surface area (Å²) in [7, 11) is 3.97. The first-order valence-corrected chi connectivity index (χ1v) is 8.60. The molecule has 0 aromatic heterocycles. The third-order valence-corrected chi connectivity index (χ3v) is 4.11. The van der Waals surface area contributed by atoms with Gasteiger partial charge in [-0.1, -0.05) is 31.5 Å². The van der Waals surface area contributed by atoms with Gasteiger partial charge in [0.1, 0.15) is 11.9 Å². The molecule has 1 aromatic carbocycles. The molecule has 1 aliphatic heterocycles. The maximum atomic E-state index is 5.94. The van der Waals surface area contributed by atoms with Crippen LogP contribution in [0, 0.1) is 0 Å². The minimum atomic E-state index is 0. The first kappa shape index (κ1) is 21.0. The molecule has 0 bridgehead atoms. The number of hydrogen-bond donors (Lipinski definition) is 2. The molecule has 6 heteroatoms. The number of fused-ring (bicyclic) bond motifs is 1. The number of guanidine groups is 1. The van der Waals surface area contributed by atoms with Crippen LogP contribution in [0.4, 0.5) is 0 Å². The average molecular weight is 446 g/mol. The van der Waals surface area contributed by atoms with Gasteiger partial charge in [0.2, 0.25) is 0 Å². The highest BCUT2D eigenvalue weighted by molar-refractivity contribution is 14.0. The van der Waals surface area contributed by atoms with Crippen LogP contribution in [-0.4, -0.2) is 57.2 Å². The molecule has 0 spiro atoms. The van der Waals surface area contributed by atoms with Crippen molar-refractivity contribution in [1.29, 1.82) is 0 Å². The summed E-state index contributed by atoms with van der Waals surface area (Å²) in [5.74, 6) is 1.85. The van der Waals surface area contributed by atoms with E-state index in [0.29, 0.717) is 0 Å². The van der Waals surface area contributed by atoms with Crippen LogP contribution in [0.5, 0.6) is 5.75 Å². The van der Waals surface area contributed by atoms with Crippen molar-refractivity contribution in [2.24, 2.45) is 4.99 Å². The number of halogens is 1. The van der Waals surface area contributed by atoms with Crippen LogP contribution in [0.15, 0.2) is 29.3 Å². The van der Waals surface area contributed by atoms with Crippen LogP contribution in [0.3, 0.4) is 0 Å². The lowest BCUT2D eigenvalue weighted by Crippen LogP contribution is -2.44. The number of aliphatic imine (C=N–C) groups is 1. The zero-order chi connectivity index (χ0) is 16.5. The maximum Gasteiger partial charge on any atom is 0.191 e. The summed E-state index contributed by atoms with van der Waals surface area (Å²) in [4.78, 5) is 6.63. The molecule has 0 aliphatic carbocycles. The van der Waals surface area contributed by atoms with Crippen LogP contribution < -0.4 is 15.4 Å². The molecule has 0 amide bonds. The molecular formula is C18H31IN4O. The standard InChI is InChI=1S/C18H30N4O.HI/c1-4-5-11-22(3)12-10-20-18(19-2)21-14-16-13-15-8-6-7-9-17(15)23-16;/h6-9,16H,4-5,10-14H2,1-3H3,(H2,19,20,21);1H. The summed E-state index contributed by atoms with van der Waals surface area (Å²) in [5.41, 5.74) is 1.29. The molecule has 136 valence electrons. The van der Waals surface area contributed by atoms with E-state index in [4.69, 9.17) is 4.74 Å². The highest BCUT2D eigenvalue weighted by atomic mass is 127. The molecule has 0 saturated carbocycles. The van der Waals surface area contributed by atoms with Crippen LogP contribution in [0.25, 0.3) is 0 Å². The molecule has 24 heavy (non-hydrogen) atoms. The van der Waals surface area contributed by atoms with Gasteiger partial charge < -0.3 is 20.3 Å². The van der Waals surface area contributed by atoms with Gasteiger partial charge in [0.15, 0.2) is 5.96 Å². The van der Waals surface area contributed by atoms with Crippen molar-refractivity contribution in [1.82, 2.24) is 15.5 Å². The average Bonchev–Trinajstić information content (AvgIpc) is 2.98. The highest BCUT2D eigenvalue weighted by Gasteiger charge is 2.22.